The molecule has 0 radical (unpaired) electrons. The number of rotatable bonds is 2. The first-order chi connectivity index (χ1) is 8.56. The van der Waals surface area contributed by atoms with Crippen molar-refractivity contribution in [1.82, 2.24) is 4.98 Å². The van der Waals surface area contributed by atoms with Crippen molar-refractivity contribution >= 4 is 27.7 Å². The maximum Gasteiger partial charge on any atom is 0.262 e. The van der Waals surface area contributed by atoms with Gasteiger partial charge < -0.3 is 10.5 Å². The Morgan fingerprint density at radius 1 is 1.56 bits per heavy atom. The summed E-state index contributed by atoms with van der Waals surface area (Å²) in [6.45, 7) is 1.90. The number of aromatic nitrogens is 2. The molecule has 0 saturated heterocycles. The summed E-state index contributed by atoms with van der Waals surface area (Å²) in [7, 11) is 0. The lowest BCUT2D eigenvalue weighted by atomic mass is 10.2. The number of hydrogen-bond acceptors (Lipinski definition) is 3. The van der Waals surface area contributed by atoms with Crippen LogP contribution < -0.4 is 10.0 Å². The van der Waals surface area contributed by atoms with Gasteiger partial charge in [0.1, 0.15) is 11.4 Å². The molecule has 0 bridgehead atoms. The highest BCUT2D eigenvalue weighted by Gasteiger charge is 2.10. The molecule has 2 heterocycles. The van der Waals surface area contributed by atoms with E-state index in [4.69, 9.17) is 0 Å². The maximum atomic E-state index is 11.8. The van der Waals surface area contributed by atoms with Crippen LogP contribution in [0.25, 0.3) is 0 Å². The van der Waals surface area contributed by atoms with Crippen molar-refractivity contribution < 1.29 is 9.52 Å². The molecule has 92 valence electrons. The summed E-state index contributed by atoms with van der Waals surface area (Å²) in [5, 5.41) is 13.7. The average molecular weight is 308 g/mol. The van der Waals surface area contributed by atoms with E-state index < -0.39 is 0 Å². The van der Waals surface area contributed by atoms with Crippen molar-refractivity contribution in [3.05, 3.63) is 57.6 Å². The predicted molar refractivity (Wildman–Crippen MR) is 70.0 cm³/mol. The van der Waals surface area contributed by atoms with Crippen LogP contribution in [0.15, 0.2) is 41.3 Å². The standard InChI is InChI=1S/C12H10BrN3O2/c1-8-5-11(14-6-10(8)13)15-12(17)9-3-2-4-16(18)7-9/h2-7H,1H3,(H,14,15,17). The quantitative estimate of drug-likeness (QED) is 0.682. The molecule has 0 spiro atoms. The lowest BCUT2D eigenvalue weighted by Gasteiger charge is -2.05. The van der Waals surface area contributed by atoms with Crippen LogP contribution in [0.1, 0.15) is 15.9 Å². The summed E-state index contributed by atoms with van der Waals surface area (Å²) >= 11 is 3.33. The molecule has 6 heteroatoms. The molecule has 0 aliphatic rings. The molecule has 18 heavy (non-hydrogen) atoms. The Morgan fingerprint density at radius 2 is 2.33 bits per heavy atom. The SMILES string of the molecule is Cc1cc(NC(=O)c2ccc[n+]([O-])c2)ncc1Br. The van der Waals surface area contributed by atoms with Crippen LogP contribution >= 0.6 is 15.9 Å². The number of nitrogens with one attached hydrogen (secondary N) is 1. The van der Waals surface area contributed by atoms with Crippen molar-refractivity contribution in [2.45, 2.75) is 6.92 Å². The van der Waals surface area contributed by atoms with Crippen LogP contribution in [-0.4, -0.2) is 10.9 Å². The smallest absolute Gasteiger partial charge is 0.262 e. The van der Waals surface area contributed by atoms with E-state index >= 15 is 0 Å². The molecule has 0 atom stereocenters. The minimum atomic E-state index is -0.366. The number of carbonyl (C=O) groups is 1. The van der Waals surface area contributed by atoms with Gasteiger partial charge in [-0.05, 0) is 40.5 Å². The molecule has 5 nitrogen and oxygen atoms in total. The topological polar surface area (TPSA) is 68.9 Å². The molecular formula is C12H10BrN3O2. The van der Waals surface area contributed by atoms with Gasteiger partial charge in [0.2, 0.25) is 0 Å². The normalized spacial score (nSPS) is 10.1. The minimum absolute atomic E-state index is 0.287. The maximum absolute atomic E-state index is 11.8. The molecule has 0 aliphatic carbocycles. The third-order valence-corrected chi connectivity index (χ3v) is 3.16. The van der Waals surface area contributed by atoms with Gasteiger partial charge in [-0.1, -0.05) is 0 Å². The first-order valence-corrected chi connectivity index (χ1v) is 5.98. The molecule has 0 aromatic carbocycles. The molecular weight excluding hydrogens is 298 g/mol. The Hall–Kier alpha value is -1.95. The van der Waals surface area contributed by atoms with Gasteiger partial charge in [-0.2, -0.15) is 4.73 Å². The Kier molecular flexibility index (Phi) is 3.57. The zero-order valence-electron chi connectivity index (χ0n) is 9.55. The Morgan fingerprint density at radius 3 is 3.00 bits per heavy atom. The van der Waals surface area contributed by atoms with Crippen LogP contribution in [0.2, 0.25) is 0 Å². The molecule has 1 N–H and O–H groups in total. The van der Waals surface area contributed by atoms with Gasteiger partial charge in [-0.25, -0.2) is 4.98 Å². The summed E-state index contributed by atoms with van der Waals surface area (Å²) in [5.74, 6) is 0.0800. The van der Waals surface area contributed by atoms with Crippen LogP contribution in [0, 0.1) is 12.1 Å². The zero-order valence-corrected chi connectivity index (χ0v) is 11.1. The number of halogens is 1. The summed E-state index contributed by atoms with van der Waals surface area (Å²) in [4.78, 5) is 15.9. The van der Waals surface area contributed by atoms with Gasteiger partial charge >= 0.3 is 0 Å². The van der Waals surface area contributed by atoms with E-state index in [1.807, 2.05) is 6.92 Å². The van der Waals surface area contributed by atoms with E-state index in [0.717, 1.165) is 10.0 Å². The number of pyridine rings is 2. The fourth-order valence-electron chi connectivity index (χ4n) is 1.39. The molecule has 0 unspecified atom stereocenters. The highest BCUT2D eigenvalue weighted by Crippen LogP contribution is 2.17. The van der Waals surface area contributed by atoms with E-state index in [0.29, 0.717) is 10.5 Å². The number of nitrogens with zero attached hydrogens (tertiary/aromatic N) is 2. The van der Waals surface area contributed by atoms with Crippen LogP contribution in [0.3, 0.4) is 0 Å². The molecule has 0 fully saturated rings. The number of carbonyl (C=O) groups excluding carboxylic acids is 1. The van der Waals surface area contributed by atoms with Crippen molar-refractivity contribution in [2.24, 2.45) is 0 Å². The zero-order chi connectivity index (χ0) is 13.1. The second kappa shape index (κ2) is 5.14. The van der Waals surface area contributed by atoms with Crippen LogP contribution in [-0.2, 0) is 0 Å². The number of aryl methyl sites for hydroxylation is 1. The highest BCUT2D eigenvalue weighted by molar-refractivity contribution is 9.10. The Balaban J connectivity index is 2.18. The van der Waals surface area contributed by atoms with Gasteiger partial charge in [-0.15, -0.1) is 0 Å². The highest BCUT2D eigenvalue weighted by atomic mass is 79.9. The Bertz CT molecular complexity index is 602. The summed E-state index contributed by atoms with van der Waals surface area (Å²) in [6, 6.07) is 4.83. The summed E-state index contributed by atoms with van der Waals surface area (Å²) < 4.78 is 1.45. The van der Waals surface area contributed by atoms with E-state index in [2.05, 4.69) is 26.2 Å². The van der Waals surface area contributed by atoms with Crippen molar-refractivity contribution in [3.63, 3.8) is 0 Å². The second-order valence-electron chi connectivity index (χ2n) is 3.73. The van der Waals surface area contributed by atoms with Crippen molar-refractivity contribution in [3.8, 4) is 0 Å². The third kappa shape index (κ3) is 2.84. The molecule has 2 rings (SSSR count). The average Bonchev–Trinajstić information content (AvgIpc) is 2.34. The van der Waals surface area contributed by atoms with Crippen LogP contribution in [0.4, 0.5) is 5.82 Å². The lowest BCUT2D eigenvalue weighted by Crippen LogP contribution is -2.27. The first kappa shape index (κ1) is 12.5. The largest absolute Gasteiger partial charge is 0.619 e. The molecule has 0 saturated carbocycles. The van der Waals surface area contributed by atoms with Crippen molar-refractivity contribution in [1.29, 1.82) is 0 Å². The fraction of sp³-hybridized carbons (Fsp3) is 0.0833. The first-order valence-electron chi connectivity index (χ1n) is 5.18. The number of hydrogen-bond donors (Lipinski definition) is 1. The van der Waals surface area contributed by atoms with Crippen LogP contribution in [0.5, 0.6) is 0 Å². The number of amides is 1. The van der Waals surface area contributed by atoms with Crippen molar-refractivity contribution in [2.75, 3.05) is 5.32 Å². The molecule has 2 aromatic heterocycles. The van der Waals surface area contributed by atoms with Gasteiger partial charge in [0.25, 0.3) is 5.91 Å². The fourth-order valence-corrected chi connectivity index (χ4v) is 1.60. The molecule has 0 aliphatic heterocycles. The van der Waals surface area contributed by atoms with Gasteiger partial charge in [0.05, 0.1) is 0 Å². The Labute approximate surface area is 112 Å². The van der Waals surface area contributed by atoms with E-state index in [-0.39, 0.29) is 11.5 Å². The molecule has 2 aromatic rings. The van der Waals surface area contributed by atoms with E-state index in [1.165, 1.54) is 18.5 Å². The lowest BCUT2D eigenvalue weighted by molar-refractivity contribution is -0.605. The van der Waals surface area contributed by atoms with Gasteiger partial charge in [-0.3, -0.25) is 4.79 Å². The summed E-state index contributed by atoms with van der Waals surface area (Å²) in [5.41, 5.74) is 1.25. The third-order valence-electron chi connectivity index (χ3n) is 2.33. The van der Waals surface area contributed by atoms with Gasteiger partial charge in [0, 0.05) is 16.7 Å². The summed E-state index contributed by atoms with van der Waals surface area (Å²) in [6.07, 6.45) is 4.14. The monoisotopic (exact) mass is 307 g/mol. The predicted octanol–water partition coefficient (Wildman–Crippen LogP) is 2.04. The number of anilines is 1. The molecule has 1 amide bonds. The minimum Gasteiger partial charge on any atom is -0.619 e. The van der Waals surface area contributed by atoms with Gasteiger partial charge in [0.15, 0.2) is 12.4 Å². The van der Waals surface area contributed by atoms with E-state index in [9.17, 15) is 10.0 Å². The second-order valence-corrected chi connectivity index (χ2v) is 4.58. The van der Waals surface area contributed by atoms with E-state index in [1.54, 1.807) is 18.3 Å².